The van der Waals surface area contributed by atoms with Crippen molar-refractivity contribution in [3.05, 3.63) is 32.2 Å². The van der Waals surface area contributed by atoms with Crippen LogP contribution < -0.4 is 5.56 Å². The Morgan fingerprint density at radius 3 is 2.70 bits per heavy atom. The van der Waals surface area contributed by atoms with Crippen LogP contribution in [0.25, 0.3) is 4.96 Å². The molecule has 0 aliphatic heterocycles. The summed E-state index contributed by atoms with van der Waals surface area (Å²) in [4.78, 5) is 29.8. The van der Waals surface area contributed by atoms with Gasteiger partial charge in [0, 0.05) is 10.9 Å². The summed E-state index contributed by atoms with van der Waals surface area (Å²) in [6.45, 7) is 5.72. The van der Waals surface area contributed by atoms with Gasteiger partial charge in [-0.05, 0) is 20.3 Å². The van der Waals surface area contributed by atoms with Crippen molar-refractivity contribution >= 4 is 38.2 Å². The summed E-state index contributed by atoms with van der Waals surface area (Å²) in [5, 5.41) is 0.521. The molecule has 0 amide bonds. The van der Waals surface area contributed by atoms with Gasteiger partial charge in [-0.25, -0.2) is 9.78 Å². The maximum Gasteiger partial charge on any atom is 0.350 e. The Kier molecular flexibility index (Phi) is 4.59. The van der Waals surface area contributed by atoms with E-state index in [1.807, 2.05) is 6.92 Å². The minimum atomic E-state index is -0.404. The minimum Gasteiger partial charge on any atom is -0.462 e. The molecule has 0 spiro atoms. The maximum absolute atomic E-state index is 12.5. The number of aryl methyl sites for hydroxylation is 1. The molecule has 0 saturated heterocycles. The molecule has 0 N–H and O–H groups in total. The number of alkyl halides is 1. The molecule has 5 nitrogen and oxygen atoms in total. The first-order chi connectivity index (χ1) is 9.54. The SMILES string of the molecule is CCOC(=O)c1sc2nc(CBr)c(CC)c(=O)n2c1C. The van der Waals surface area contributed by atoms with E-state index in [1.165, 1.54) is 15.7 Å². The van der Waals surface area contributed by atoms with Crippen LogP contribution in [0.5, 0.6) is 0 Å². The molecule has 0 saturated carbocycles. The molecule has 0 fully saturated rings. The third kappa shape index (κ3) is 2.40. The summed E-state index contributed by atoms with van der Waals surface area (Å²) < 4.78 is 6.51. The molecule has 2 rings (SSSR count). The predicted octanol–water partition coefficient (Wildman–Crippen LogP) is 2.70. The molecule has 0 radical (unpaired) electrons. The quantitative estimate of drug-likeness (QED) is 0.622. The van der Waals surface area contributed by atoms with Gasteiger partial charge >= 0.3 is 5.97 Å². The van der Waals surface area contributed by atoms with Crippen LogP contribution in [0.15, 0.2) is 4.79 Å². The highest BCUT2D eigenvalue weighted by Crippen LogP contribution is 2.22. The van der Waals surface area contributed by atoms with Crippen LogP contribution in [-0.2, 0) is 16.5 Å². The van der Waals surface area contributed by atoms with Crippen LogP contribution in [0, 0.1) is 6.92 Å². The van der Waals surface area contributed by atoms with Crippen molar-refractivity contribution in [1.29, 1.82) is 0 Å². The summed E-state index contributed by atoms with van der Waals surface area (Å²) in [6, 6.07) is 0. The van der Waals surface area contributed by atoms with Gasteiger partial charge in [-0.2, -0.15) is 0 Å². The Bertz CT molecular complexity index is 720. The van der Waals surface area contributed by atoms with Gasteiger partial charge in [0.25, 0.3) is 5.56 Å². The van der Waals surface area contributed by atoms with Crippen molar-refractivity contribution < 1.29 is 9.53 Å². The zero-order chi connectivity index (χ0) is 14.9. The topological polar surface area (TPSA) is 60.7 Å². The van der Waals surface area contributed by atoms with Crippen LogP contribution in [0.4, 0.5) is 0 Å². The summed E-state index contributed by atoms with van der Waals surface area (Å²) in [5.74, 6) is -0.404. The van der Waals surface area contributed by atoms with Crippen molar-refractivity contribution in [2.24, 2.45) is 0 Å². The fourth-order valence-corrected chi connectivity index (χ4v) is 3.56. The second kappa shape index (κ2) is 6.05. The summed E-state index contributed by atoms with van der Waals surface area (Å²) in [5.41, 5.74) is 1.90. The Morgan fingerprint density at radius 1 is 1.45 bits per heavy atom. The van der Waals surface area contributed by atoms with E-state index in [-0.39, 0.29) is 5.56 Å². The lowest BCUT2D eigenvalue weighted by molar-refractivity contribution is 0.0531. The average Bonchev–Trinajstić information content (AvgIpc) is 2.76. The fourth-order valence-electron chi connectivity index (χ4n) is 2.06. The van der Waals surface area contributed by atoms with Gasteiger partial charge in [-0.1, -0.05) is 34.2 Å². The number of esters is 1. The second-order valence-corrected chi connectivity index (χ2v) is 5.72. The maximum atomic E-state index is 12.5. The Balaban J connectivity index is 2.75. The van der Waals surface area contributed by atoms with Crippen LogP contribution in [0.3, 0.4) is 0 Å². The third-order valence-corrected chi connectivity index (χ3v) is 4.68. The average molecular weight is 359 g/mol. The molecule has 0 unspecified atom stereocenters. The first-order valence-corrected chi connectivity index (χ1v) is 8.25. The van der Waals surface area contributed by atoms with E-state index in [2.05, 4.69) is 20.9 Å². The zero-order valence-corrected chi connectivity index (χ0v) is 13.9. The highest BCUT2D eigenvalue weighted by atomic mass is 79.9. The van der Waals surface area contributed by atoms with E-state index in [4.69, 9.17) is 4.74 Å². The number of fused-ring (bicyclic) bond motifs is 1. The van der Waals surface area contributed by atoms with Crippen LogP contribution in [0.1, 0.15) is 40.5 Å². The van der Waals surface area contributed by atoms with Gasteiger partial charge in [0.15, 0.2) is 4.96 Å². The van der Waals surface area contributed by atoms with E-state index < -0.39 is 5.97 Å². The number of hydrogen-bond donors (Lipinski definition) is 0. The molecular formula is C13H15BrN2O3S. The lowest BCUT2D eigenvalue weighted by Gasteiger charge is -2.04. The van der Waals surface area contributed by atoms with Crippen LogP contribution in [-0.4, -0.2) is 22.0 Å². The van der Waals surface area contributed by atoms with Gasteiger partial charge in [0.1, 0.15) is 4.88 Å². The Morgan fingerprint density at radius 2 is 2.15 bits per heavy atom. The predicted molar refractivity (Wildman–Crippen MR) is 82.0 cm³/mol. The number of rotatable bonds is 4. The zero-order valence-electron chi connectivity index (χ0n) is 11.5. The molecule has 2 aromatic rings. The summed E-state index contributed by atoms with van der Waals surface area (Å²) in [6.07, 6.45) is 0.611. The highest BCUT2D eigenvalue weighted by molar-refractivity contribution is 9.08. The largest absolute Gasteiger partial charge is 0.462 e. The van der Waals surface area contributed by atoms with Crippen molar-refractivity contribution in [2.45, 2.75) is 32.5 Å². The number of carbonyl (C=O) groups excluding carboxylic acids is 1. The molecule has 2 heterocycles. The van der Waals surface area contributed by atoms with Crippen LogP contribution in [0.2, 0.25) is 0 Å². The molecule has 0 aliphatic rings. The van der Waals surface area contributed by atoms with Crippen LogP contribution >= 0.6 is 27.3 Å². The van der Waals surface area contributed by atoms with Crippen molar-refractivity contribution in [1.82, 2.24) is 9.38 Å². The fraction of sp³-hybridized carbons (Fsp3) is 0.462. The molecule has 0 bridgehead atoms. The van der Waals surface area contributed by atoms with E-state index >= 15 is 0 Å². The molecule has 7 heteroatoms. The summed E-state index contributed by atoms with van der Waals surface area (Å²) >= 11 is 4.54. The normalized spacial score (nSPS) is 11.0. The van der Waals surface area contributed by atoms with Gasteiger partial charge < -0.3 is 4.74 Å². The van der Waals surface area contributed by atoms with Gasteiger partial charge in [-0.15, -0.1) is 0 Å². The van der Waals surface area contributed by atoms with Gasteiger partial charge in [0.2, 0.25) is 0 Å². The standard InChI is InChI=1S/C13H15BrN2O3S/c1-4-8-9(6-14)15-13-16(11(8)17)7(3)10(20-13)12(18)19-5-2/h4-6H2,1-3H3. The minimum absolute atomic E-state index is 0.101. The number of aromatic nitrogens is 2. The molecular weight excluding hydrogens is 344 g/mol. The lowest BCUT2D eigenvalue weighted by atomic mass is 10.2. The number of halogens is 1. The molecule has 20 heavy (non-hydrogen) atoms. The van der Waals surface area contributed by atoms with E-state index in [0.717, 1.165) is 5.69 Å². The number of nitrogens with zero attached hydrogens (tertiary/aromatic N) is 2. The highest BCUT2D eigenvalue weighted by Gasteiger charge is 2.21. The molecule has 0 aromatic carbocycles. The number of hydrogen-bond acceptors (Lipinski definition) is 5. The Hall–Kier alpha value is -1.21. The monoisotopic (exact) mass is 358 g/mol. The van der Waals surface area contributed by atoms with Crippen molar-refractivity contribution in [3.63, 3.8) is 0 Å². The molecule has 0 aliphatic carbocycles. The van der Waals surface area contributed by atoms with Gasteiger partial charge in [0.05, 0.1) is 18.0 Å². The molecule has 2 aromatic heterocycles. The third-order valence-electron chi connectivity index (χ3n) is 3.03. The van der Waals surface area contributed by atoms with Crippen molar-refractivity contribution in [3.8, 4) is 0 Å². The van der Waals surface area contributed by atoms with E-state index in [0.29, 0.717) is 39.5 Å². The smallest absolute Gasteiger partial charge is 0.350 e. The lowest BCUT2D eigenvalue weighted by Crippen LogP contribution is -2.22. The van der Waals surface area contributed by atoms with E-state index in [9.17, 15) is 9.59 Å². The first-order valence-electron chi connectivity index (χ1n) is 6.32. The Labute approximate surface area is 128 Å². The number of ether oxygens (including phenoxy) is 1. The van der Waals surface area contributed by atoms with E-state index in [1.54, 1.807) is 13.8 Å². The molecule has 0 atom stereocenters. The number of carbonyl (C=O) groups is 1. The number of thiazole rings is 1. The van der Waals surface area contributed by atoms with Crippen molar-refractivity contribution in [2.75, 3.05) is 6.61 Å². The molecule has 108 valence electrons. The second-order valence-electron chi connectivity index (χ2n) is 4.18. The first kappa shape index (κ1) is 15.2. The summed E-state index contributed by atoms with van der Waals surface area (Å²) in [7, 11) is 0. The van der Waals surface area contributed by atoms with Gasteiger partial charge in [-0.3, -0.25) is 9.20 Å².